The van der Waals surface area contributed by atoms with Gasteiger partial charge in [-0.3, -0.25) is 0 Å². The molecule has 2 aromatic heterocycles. The molecule has 28 heavy (non-hydrogen) atoms. The number of hydrogen-bond acceptors (Lipinski definition) is 8. The van der Waals surface area contributed by atoms with Gasteiger partial charge in [-0.25, -0.2) is 15.0 Å². The Balaban J connectivity index is 1.44. The van der Waals surface area contributed by atoms with Crippen LogP contribution in [0, 0.1) is 5.92 Å². The van der Waals surface area contributed by atoms with Gasteiger partial charge < -0.3 is 30.0 Å². The molecular formula is C19H21N5O4. The van der Waals surface area contributed by atoms with Crippen LogP contribution in [0.1, 0.15) is 18.0 Å². The Hall–Kier alpha value is -2.75. The van der Waals surface area contributed by atoms with Gasteiger partial charge >= 0.3 is 0 Å². The summed E-state index contributed by atoms with van der Waals surface area (Å²) in [4.78, 5) is 12.6. The van der Waals surface area contributed by atoms with E-state index < -0.39 is 17.8 Å². The molecule has 0 aliphatic heterocycles. The third-order valence-corrected chi connectivity index (χ3v) is 5.91. The monoisotopic (exact) mass is 383 g/mol. The normalized spacial score (nSPS) is 31.1. The quantitative estimate of drug-likeness (QED) is 0.586. The fraction of sp³-hybridized carbons (Fsp3) is 0.421. The summed E-state index contributed by atoms with van der Waals surface area (Å²) in [5.41, 5.74) is 6.77. The van der Waals surface area contributed by atoms with Crippen LogP contribution in [0.5, 0.6) is 5.75 Å². The molecule has 1 unspecified atom stereocenters. The lowest BCUT2D eigenvalue weighted by Crippen LogP contribution is -2.39. The summed E-state index contributed by atoms with van der Waals surface area (Å²) in [6.45, 7) is 0.300. The van der Waals surface area contributed by atoms with Crippen LogP contribution < -0.4 is 10.5 Å². The topological polar surface area (TPSA) is 129 Å². The highest BCUT2D eigenvalue weighted by atomic mass is 16.5. The van der Waals surface area contributed by atoms with Crippen molar-refractivity contribution in [3.05, 3.63) is 42.5 Å². The maximum absolute atomic E-state index is 10.7. The zero-order chi connectivity index (χ0) is 19.5. The van der Waals surface area contributed by atoms with Gasteiger partial charge in [0.15, 0.2) is 11.5 Å². The first-order valence-corrected chi connectivity index (χ1v) is 9.11. The minimum absolute atomic E-state index is 0.128. The largest absolute Gasteiger partial charge is 0.497 e. The maximum Gasteiger partial charge on any atom is 0.165 e. The van der Waals surface area contributed by atoms with E-state index in [4.69, 9.17) is 15.2 Å². The first-order valence-electron chi connectivity index (χ1n) is 9.11. The Morgan fingerprint density at radius 2 is 2.04 bits per heavy atom. The lowest BCUT2D eigenvalue weighted by Gasteiger charge is -2.27. The number of benzene rings is 1. The summed E-state index contributed by atoms with van der Waals surface area (Å²) in [7, 11) is 1.61. The van der Waals surface area contributed by atoms with E-state index in [9.17, 15) is 10.2 Å². The fourth-order valence-electron chi connectivity index (χ4n) is 4.29. The summed E-state index contributed by atoms with van der Waals surface area (Å²) >= 11 is 0. The van der Waals surface area contributed by atoms with Crippen LogP contribution in [0.25, 0.3) is 11.2 Å². The van der Waals surface area contributed by atoms with Gasteiger partial charge in [-0.1, -0.05) is 12.1 Å². The van der Waals surface area contributed by atoms with Crippen LogP contribution >= 0.6 is 0 Å². The molecule has 1 aromatic carbocycles. The molecule has 2 fully saturated rings. The van der Waals surface area contributed by atoms with Crippen molar-refractivity contribution in [2.24, 2.45) is 5.92 Å². The van der Waals surface area contributed by atoms with E-state index in [1.807, 2.05) is 28.8 Å². The fourth-order valence-corrected chi connectivity index (χ4v) is 4.29. The van der Waals surface area contributed by atoms with Crippen molar-refractivity contribution in [1.29, 1.82) is 0 Å². The van der Waals surface area contributed by atoms with Crippen molar-refractivity contribution >= 4 is 17.0 Å². The minimum atomic E-state index is -1.13. The zero-order valence-electron chi connectivity index (χ0n) is 15.3. The van der Waals surface area contributed by atoms with Crippen molar-refractivity contribution < 1.29 is 19.7 Å². The van der Waals surface area contributed by atoms with E-state index in [1.54, 1.807) is 13.4 Å². The molecule has 4 N–H and O–H groups in total. The van der Waals surface area contributed by atoms with Gasteiger partial charge in [-0.15, -0.1) is 0 Å². The summed E-state index contributed by atoms with van der Waals surface area (Å²) in [5, 5.41) is 21.5. The second kappa shape index (κ2) is 6.13. The Labute approximate surface area is 160 Å². The van der Waals surface area contributed by atoms with E-state index >= 15 is 0 Å². The minimum Gasteiger partial charge on any atom is -0.497 e. The number of ether oxygens (including phenoxy) is 2. The number of imidazole rings is 1. The number of nitrogen functional groups attached to an aromatic ring is 1. The SMILES string of the molecule is COc1ccc(CO[C@H]2C(O)[C@]3(O)C[C@@H]3[C@H]2n2cnc3c(N)ncnc32)cc1. The van der Waals surface area contributed by atoms with E-state index in [0.717, 1.165) is 11.3 Å². The van der Waals surface area contributed by atoms with E-state index in [1.165, 1.54) is 6.33 Å². The molecule has 5 rings (SSSR count). The molecule has 9 heteroatoms. The molecule has 146 valence electrons. The van der Waals surface area contributed by atoms with Crippen LogP contribution in [-0.2, 0) is 11.3 Å². The lowest BCUT2D eigenvalue weighted by molar-refractivity contribution is -0.0929. The predicted octanol–water partition coefficient (Wildman–Crippen LogP) is 0.669. The van der Waals surface area contributed by atoms with Gasteiger partial charge in [0.2, 0.25) is 0 Å². The molecule has 0 bridgehead atoms. The van der Waals surface area contributed by atoms with E-state index in [-0.39, 0.29) is 12.0 Å². The van der Waals surface area contributed by atoms with Crippen molar-refractivity contribution in [3.8, 4) is 5.75 Å². The molecule has 2 heterocycles. The number of aromatic nitrogens is 4. The van der Waals surface area contributed by atoms with E-state index in [0.29, 0.717) is 30.0 Å². The Bertz CT molecular complexity index is 1020. The van der Waals surface area contributed by atoms with Crippen molar-refractivity contribution in [1.82, 2.24) is 19.5 Å². The van der Waals surface area contributed by atoms with Crippen LogP contribution in [0.15, 0.2) is 36.9 Å². The number of nitrogens with two attached hydrogens (primary N) is 1. The number of methoxy groups -OCH3 is 1. The molecule has 2 aliphatic rings. The van der Waals surface area contributed by atoms with Gasteiger partial charge in [0.1, 0.15) is 29.8 Å². The number of aliphatic hydroxyl groups excluding tert-OH is 1. The highest BCUT2D eigenvalue weighted by Crippen LogP contribution is 2.62. The van der Waals surface area contributed by atoms with Crippen LogP contribution in [0.4, 0.5) is 5.82 Å². The highest BCUT2D eigenvalue weighted by Gasteiger charge is 2.72. The summed E-state index contributed by atoms with van der Waals surface area (Å²) in [6, 6.07) is 7.23. The summed E-state index contributed by atoms with van der Waals surface area (Å²) in [5.74, 6) is 0.932. The molecule has 0 amide bonds. The molecule has 0 radical (unpaired) electrons. The molecule has 0 saturated heterocycles. The van der Waals surface area contributed by atoms with Crippen LogP contribution in [-0.4, -0.2) is 54.7 Å². The summed E-state index contributed by atoms with van der Waals surface area (Å²) < 4.78 is 13.1. The van der Waals surface area contributed by atoms with Crippen molar-refractivity contribution in [2.75, 3.05) is 12.8 Å². The smallest absolute Gasteiger partial charge is 0.165 e. The van der Waals surface area contributed by atoms with Gasteiger partial charge in [-0.05, 0) is 24.1 Å². The number of nitrogens with zero attached hydrogens (tertiary/aromatic N) is 4. The summed E-state index contributed by atoms with van der Waals surface area (Å²) in [6.07, 6.45) is 1.94. The molecule has 3 aromatic rings. The van der Waals surface area contributed by atoms with E-state index in [2.05, 4.69) is 15.0 Å². The zero-order valence-corrected chi connectivity index (χ0v) is 15.3. The van der Waals surface area contributed by atoms with Crippen molar-refractivity contribution in [3.63, 3.8) is 0 Å². The first-order chi connectivity index (χ1) is 13.5. The number of rotatable bonds is 5. The lowest BCUT2D eigenvalue weighted by atomic mass is 10.1. The van der Waals surface area contributed by atoms with Gasteiger partial charge in [0.25, 0.3) is 0 Å². The Morgan fingerprint density at radius 1 is 1.25 bits per heavy atom. The number of aliphatic hydroxyl groups is 2. The second-order valence-corrected chi connectivity index (χ2v) is 7.44. The first kappa shape index (κ1) is 17.4. The van der Waals surface area contributed by atoms with Gasteiger partial charge in [-0.2, -0.15) is 0 Å². The standard InChI is InChI=1S/C19H21N5O4/c1-27-11-4-2-10(3-5-11)7-28-15-14(12-6-19(12,26)16(15)25)24-9-23-13-17(20)21-8-22-18(13)24/h2-5,8-9,12,14-16,25-26H,6-7H2,1H3,(H2,20,21,22)/t12-,14-,15-,16?,19+/m1/s1. The predicted molar refractivity (Wildman–Crippen MR) is 99.4 cm³/mol. The van der Waals surface area contributed by atoms with Crippen molar-refractivity contribution in [2.45, 2.75) is 36.9 Å². The number of anilines is 1. The maximum atomic E-state index is 10.7. The molecule has 0 spiro atoms. The number of hydrogen-bond donors (Lipinski definition) is 3. The van der Waals surface area contributed by atoms with Crippen LogP contribution in [0.2, 0.25) is 0 Å². The molecule has 9 nitrogen and oxygen atoms in total. The third-order valence-electron chi connectivity index (χ3n) is 5.91. The average molecular weight is 383 g/mol. The third kappa shape index (κ3) is 2.47. The van der Waals surface area contributed by atoms with Crippen LogP contribution in [0.3, 0.4) is 0 Å². The Kier molecular flexibility index (Phi) is 3.80. The molecule has 5 atom stereocenters. The highest BCUT2D eigenvalue weighted by molar-refractivity contribution is 5.81. The second-order valence-electron chi connectivity index (χ2n) is 7.44. The average Bonchev–Trinajstić information content (AvgIpc) is 3.12. The number of fused-ring (bicyclic) bond motifs is 2. The van der Waals surface area contributed by atoms with Gasteiger partial charge in [0, 0.05) is 5.92 Å². The molecule has 2 aliphatic carbocycles. The molecular weight excluding hydrogens is 362 g/mol. The molecule has 2 saturated carbocycles. The van der Waals surface area contributed by atoms with Gasteiger partial charge in [0.05, 0.1) is 31.7 Å². The Morgan fingerprint density at radius 3 is 2.79 bits per heavy atom.